The highest BCUT2D eigenvalue weighted by molar-refractivity contribution is 6.07. The van der Waals surface area contributed by atoms with Crippen LogP contribution < -0.4 is 0 Å². The molecule has 2 rings (SSSR count). The van der Waals surface area contributed by atoms with Crippen LogP contribution in [0.3, 0.4) is 0 Å². The van der Waals surface area contributed by atoms with Crippen LogP contribution >= 0.6 is 0 Å². The van der Waals surface area contributed by atoms with Crippen molar-refractivity contribution in [3.05, 3.63) is 60.3 Å². The van der Waals surface area contributed by atoms with Crippen LogP contribution in [-0.2, 0) is 14.3 Å². The van der Waals surface area contributed by atoms with Crippen molar-refractivity contribution in [2.24, 2.45) is 5.92 Å². The molecule has 0 saturated carbocycles. The van der Waals surface area contributed by atoms with Gasteiger partial charge in [-0.3, -0.25) is 9.59 Å². The fourth-order valence-corrected chi connectivity index (χ4v) is 3.15. The number of rotatable bonds is 5. The van der Waals surface area contributed by atoms with E-state index in [-0.39, 0.29) is 23.8 Å². The first-order valence-corrected chi connectivity index (χ1v) is 9.77. The summed E-state index contributed by atoms with van der Waals surface area (Å²) in [7, 11) is 0. The zero-order valence-corrected chi connectivity index (χ0v) is 15.7. The molecular weight excluding hydrogens is 324 g/mol. The number of carbonyl (C=O) groups excluding carboxylic acids is 2. The average molecular weight is 354 g/mol. The SMILES string of the molecule is CC/C=C\C/C=C\CC1C/C=C2/C(=O)C=C[C@@H]2C/C=C\CCCC(=O)O1. The molecule has 0 saturated heterocycles. The van der Waals surface area contributed by atoms with Gasteiger partial charge < -0.3 is 4.74 Å². The Morgan fingerprint density at radius 1 is 1.12 bits per heavy atom. The van der Waals surface area contributed by atoms with E-state index in [2.05, 4.69) is 43.4 Å². The molecule has 140 valence electrons. The first-order valence-electron chi connectivity index (χ1n) is 9.77. The van der Waals surface area contributed by atoms with Gasteiger partial charge in [0.15, 0.2) is 5.78 Å². The predicted molar refractivity (Wildman–Crippen MR) is 106 cm³/mol. The topological polar surface area (TPSA) is 43.4 Å². The average Bonchev–Trinajstić information content (AvgIpc) is 2.98. The lowest BCUT2D eigenvalue weighted by atomic mass is 9.96. The minimum Gasteiger partial charge on any atom is -0.462 e. The molecule has 0 spiro atoms. The third kappa shape index (κ3) is 6.99. The predicted octanol–water partition coefficient (Wildman–Crippen LogP) is 5.40. The molecule has 0 N–H and O–H groups in total. The van der Waals surface area contributed by atoms with Crippen molar-refractivity contribution < 1.29 is 14.3 Å². The van der Waals surface area contributed by atoms with Crippen LogP contribution in [-0.4, -0.2) is 17.9 Å². The van der Waals surface area contributed by atoms with Gasteiger partial charge in [-0.1, -0.05) is 55.5 Å². The van der Waals surface area contributed by atoms with Crippen molar-refractivity contribution in [2.75, 3.05) is 0 Å². The molecule has 0 aromatic rings. The van der Waals surface area contributed by atoms with E-state index in [4.69, 9.17) is 4.74 Å². The van der Waals surface area contributed by atoms with Crippen LogP contribution in [0.2, 0.25) is 0 Å². The first kappa shape index (κ1) is 20.2. The number of ether oxygens (including phenoxy) is 1. The van der Waals surface area contributed by atoms with Crippen LogP contribution in [0.1, 0.15) is 58.3 Å². The summed E-state index contributed by atoms with van der Waals surface area (Å²) < 4.78 is 5.67. The van der Waals surface area contributed by atoms with Gasteiger partial charge in [-0.05, 0) is 38.2 Å². The van der Waals surface area contributed by atoms with E-state index in [0.29, 0.717) is 19.3 Å². The van der Waals surface area contributed by atoms with Gasteiger partial charge in [-0.15, -0.1) is 0 Å². The summed E-state index contributed by atoms with van der Waals surface area (Å²) in [4.78, 5) is 24.2. The summed E-state index contributed by atoms with van der Waals surface area (Å²) >= 11 is 0. The maximum atomic E-state index is 12.1. The van der Waals surface area contributed by atoms with Gasteiger partial charge in [0.2, 0.25) is 0 Å². The molecule has 1 unspecified atom stereocenters. The number of allylic oxidation sites excluding steroid dienone is 8. The van der Waals surface area contributed by atoms with Gasteiger partial charge in [0, 0.05) is 30.8 Å². The van der Waals surface area contributed by atoms with Crippen LogP contribution in [0.5, 0.6) is 0 Å². The van der Waals surface area contributed by atoms with Crippen molar-refractivity contribution in [3.63, 3.8) is 0 Å². The number of esters is 1. The molecule has 1 heterocycles. The lowest BCUT2D eigenvalue weighted by molar-refractivity contribution is -0.148. The summed E-state index contributed by atoms with van der Waals surface area (Å²) in [5.74, 6) is 0.0990. The molecule has 0 bridgehead atoms. The molecular formula is C23H30O3. The van der Waals surface area contributed by atoms with Crippen molar-refractivity contribution in [1.82, 2.24) is 0 Å². The molecule has 0 fully saturated rings. The highest BCUT2D eigenvalue weighted by atomic mass is 16.5. The summed E-state index contributed by atoms with van der Waals surface area (Å²) in [5, 5.41) is 0. The number of fused-ring (bicyclic) bond motifs is 1. The number of hydrogen-bond donors (Lipinski definition) is 0. The summed E-state index contributed by atoms with van der Waals surface area (Å²) in [6.07, 6.45) is 24.3. The third-order valence-corrected chi connectivity index (χ3v) is 4.61. The van der Waals surface area contributed by atoms with Gasteiger partial charge in [0.05, 0.1) is 0 Å². The second-order valence-corrected chi connectivity index (χ2v) is 6.76. The molecule has 3 nitrogen and oxygen atoms in total. The van der Waals surface area contributed by atoms with E-state index in [1.165, 1.54) is 0 Å². The molecule has 2 aliphatic rings. The van der Waals surface area contributed by atoms with Gasteiger partial charge in [-0.25, -0.2) is 0 Å². The number of carbonyl (C=O) groups is 2. The van der Waals surface area contributed by atoms with Crippen molar-refractivity contribution in [3.8, 4) is 0 Å². The Bertz CT molecular complexity index is 619. The zero-order valence-electron chi connectivity index (χ0n) is 15.7. The Kier molecular flexibility index (Phi) is 8.88. The lowest BCUT2D eigenvalue weighted by Crippen LogP contribution is -2.17. The van der Waals surface area contributed by atoms with Gasteiger partial charge in [0.1, 0.15) is 6.10 Å². The summed E-state index contributed by atoms with van der Waals surface area (Å²) in [6.45, 7) is 2.11. The molecule has 0 aromatic carbocycles. The standard InChI is InChI=1S/C23H30O3/c1-2-3-4-5-6-10-13-20-16-17-21-19(15-18-22(21)24)12-9-7-8-11-14-23(25)26-20/h3-4,6-7,9-10,15,17-20H,2,5,8,11-14,16H2,1H3/b4-3-,9-7-,10-6-,21-17+/t19-,20?/m0/s1. The van der Waals surface area contributed by atoms with Gasteiger partial charge in [-0.2, -0.15) is 0 Å². The molecule has 1 aliphatic heterocycles. The van der Waals surface area contributed by atoms with E-state index in [1.807, 2.05) is 12.2 Å². The normalized spacial score (nSPS) is 28.1. The minimum atomic E-state index is -0.204. The van der Waals surface area contributed by atoms with Crippen molar-refractivity contribution in [1.29, 1.82) is 0 Å². The summed E-state index contributed by atoms with van der Waals surface area (Å²) in [6, 6.07) is 0. The fourth-order valence-electron chi connectivity index (χ4n) is 3.15. The highest BCUT2D eigenvalue weighted by Crippen LogP contribution is 2.27. The van der Waals surface area contributed by atoms with Crippen LogP contribution in [0.25, 0.3) is 0 Å². The van der Waals surface area contributed by atoms with Crippen LogP contribution in [0, 0.1) is 5.92 Å². The monoisotopic (exact) mass is 354 g/mol. The quantitative estimate of drug-likeness (QED) is 0.490. The molecule has 2 atom stereocenters. The summed E-state index contributed by atoms with van der Waals surface area (Å²) in [5.41, 5.74) is 0.838. The fraction of sp³-hybridized carbons (Fsp3) is 0.478. The number of ketones is 1. The molecule has 3 heteroatoms. The smallest absolute Gasteiger partial charge is 0.306 e. The second kappa shape index (κ2) is 11.5. The van der Waals surface area contributed by atoms with Crippen LogP contribution in [0.15, 0.2) is 60.3 Å². The maximum Gasteiger partial charge on any atom is 0.306 e. The third-order valence-electron chi connectivity index (χ3n) is 4.61. The van der Waals surface area contributed by atoms with Crippen molar-refractivity contribution in [2.45, 2.75) is 64.4 Å². The Morgan fingerprint density at radius 3 is 2.81 bits per heavy atom. The van der Waals surface area contributed by atoms with E-state index in [0.717, 1.165) is 37.7 Å². The van der Waals surface area contributed by atoms with E-state index >= 15 is 0 Å². The molecule has 0 radical (unpaired) electrons. The van der Waals surface area contributed by atoms with E-state index < -0.39 is 0 Å². The first-order chi connectivity index (χ1) is 12.7. The maximum absolute atomic E-state index is 12.1. The number of hydrogen-bond acceptors (Lipinski definition) is 3. The Balaban J connectivity index is 2.03. The lowest BCUT2D eigenvalue weighted by Gasteiger charge is -2.16. The van der Waals surface area contributed by atoms with Crippen LogP contribution in [0.4, 0.5) is 0 Å². The number of cyclic esters (lactones) is 1. The largest absolute Gasteiger partial charge is 0.462 e. The second-order valence-electron chi connectivity index (χ2n) is 6.76. The molecule has 26 heavy (non-hydrogen) atoms. The van der Waals surface area contributed by atoms with E-state index in [9.17, 15) is 9.59 Å². The molecule has 0 aromatic heterocycles. The Labute approximate surface area is 157 Å². The molecule has 1 aliphatic carbocycles. The Morgan fingerprint density at radius 2 is 1.96 bits per heavy atom. The van der Waals surface area contributed by atoms with Gasteiger partial charge >= 0.3 is 5.97 Å². The highest BCUT2D eigenvalue weighted by Gasteiger charge is 2.23. The minimum absolute atomic E-state index is 0.0867. The van der Waals surface area contributed by atoms with Gasteiger partial charge in [0.25, 0.3) is 0 Å². The zero-order chi connectivity index (χ0) is 18.6. The molecule has 0 amide bonds. The van der Waals surface area contributed by atoms with Crippen molar-refractivity contribution >= 4 is 11.8 Å². The van der Waals surface area contributed by atoms with E-state index in [1.54, 1.807) is 6.08 Å². The Hall–Kier alpha value is -2.16.